The van der Waals surface area contributed by atoms with Crippen LogP contribution in [0.15, 0.2) is 22.4 Å². The zero-order chi connectivity index (χ0) is 10.3. The third-order valence-corrected chi connectivity index (χ3v) is 3.80. The molecule has 0 saturated heterocycles. The lowest BCUT2D eigenvalue weighted by Crippen LogP contribution is -1.92. The number of nitrogens with zero attached hydrogens (tertiary/aromatic N) is 1. The number of thiol groups is 1. The molecule has 0 N–H and O–H groups in total. The fourth-order valence-electron chi connectivity index (χ4n) is 1.36. The summed E-state index contributed by atoms with van der Waals surface area (Å²) in [7, 11) is 0. The van der Waals surface area contributed by atoms with Crippen LogP contribution in [0.25, 0.3) is 10.1 Å². The first-order valence-corrected chi connectivity index (χ1v) is 5.28. The lowest BCUT2D eigenvalue weighted by molar-refractivity contribution is -0.385. The van der Waals surface area contributed by atoms with Crippen molar-refractivity contribution in [1.29, 1.82) is 0 Å². The number of benzene rings is 1. The fraction of sp³-hybridized carbons (Fsp3) is 0.111. The zero-order valence-corrected chi connectivity index (χ0v) is 9.06. The van der Waals surface area contributed by atoms with Gasteiger partial charge in [-0.25, -0.2) is 0 Å². The van der Waals surface area contributed by atoms with Crippen molar-refractivity contribution in [3.05, 3.63) is 33.2 Å². The largest absolute Gasteiger partial charge is 0.274 e. The Morgan fingerprint density at radius 3 is 2.93 bits per heavy atom. The van der Waals surface area contributed by atoms with E-state index in [2.05, 4.69) is 12.6 Å². The number of hydrogen-bond acceptors (Lipinski definition) is 4. The van der Waals surface area contributed by atoms with Crippen LogP contribution in [0.3, 0.4) is 0 Å². The second-order valence-electron chi connectivity index (χ2n) is 2.97. The first-order valence-electron chi connectivity index (χ1n) is 3.95. The summed E-state index contributed by atoms with van der Waals surface area (Å²) in [4.78, 5) is 11.1. The molecule has 0 atom stereocenters. The summed E-state index contributed by atoms with van der Waals surface area (Å²) in [6.45, 7) is 1.72. The molecule has 0 spiro atoms. The molecule has 0 radical (unpaired) electrons. The Balaban J connectivity index is 2.87. The van der Waals surface area contributed by atoms with Gasteiger partial charge in [0.25, 0.3) is 5.69 Å². The topological polar surface area (TPSA) is 43.1 Å². The Hall–Kier alpha value is -1.07. The van der Waals surface area contributed by atoms with Gasteiger partial charge in [0.05, 0.1) is 4.92 Å². The fourth-order valence-corrected chi connectivity index (χ4v) is 2.64. The van der Waals surface area contributed by atoms with Gasteiger partial charge in [-0.3, -0.25) is 10.1 Å². The van der Waals surface area contributed by atoms with Crippen LogP contribution in [0.5, 0.6) is 0 Å². The molecule has 2 aromatic rings. The highest BCUT2D eigenvalue weighted by atomic mass is 32.1. The molecule has 0 amide bonds. The van der Waals surface area contributed by atoms with Crippen molar-refractivity contribution in [2.45, 2.75) is 11.8 Å². The summed E-state index contributed by atoms with van der Waals surface area (Å²) in [6.07, 6.45) is 0. The van der Waals surface area contributed by atoms with Gasteiger partial charge < -0.3 is 0 Å². The van der Waals surface area contributed by atoms with E-state index in [0.29, 0.717) is 10.5 Å². The third-order valence-electron chi connectivity index (χ3n) is 2.14. The Morgan fingerprint density at radius 2 is 2.29 bits per heavy atom. The van der Waals surface area contributed by atoms with Crippen LogP contribution < -0.4 is 0 Å². The van der Waals surface area contributed by atoms with E-state index in [1.165, 1.54) is 0 Å². The van der Waals surface area contributed by atoms with Gasteiger partial charge in [0.15, 0.2) is 0 Å². The van der Waals surface area contributed by atoms with Crippen molar-refractivity contribution < 1.29 is 4.92 Å². The van der Waals surface area contributed by atoms with E-state index in [1.54, 1.807) is 24.3 Å². The van der Waals surface area contributed by atoms with Crippen LogP contribution >= 0.6 is 24.0 Å². The van der Waals surface area contributed by atoms with Crippen molar-refractivity contribution in [2.24, 2.45) is 0 Å². The average molecular weight is 225 g/mol. The van der Waals surface area contributed by atoms with Crippen LogP contribution in [-0.2, 0) is 0 Å². The van der Waals surface area contributed by atoms with Crippen molar-refractivity contribution in [1.82, 2.24) is 0 Å². The number of nitro groups is 1. The molecule has 0 aliphatic rings. The molecule has 72 valence electrons. The first-order chi connectivity index (χ1) is 6.61. The monoisotopic (exact) mass is 225 g/mol. The minimum Gasteiger partial charge on any atom is -0.258 e. The number of hydrogen-bond donors (Lipinski definition) is 1. The minimum atomic E-state index is -0.369. The Bertz CT molecular complexity index is 519. The maximum atomic E-state index is 10.7. The Kier molecular flexibility index (Phi) is 2.20. The van der Waals surface area contributed by atoms with E-state index < -0.39 is 0 Å². The maximum Gasteiger partial charge on any atom is 0.274 e. The van der Waals surface area contributed by atoms with Gasteiger partial charge in [-0.15, -0.1) is 24.0 Å². The lowest BCUT2D eigenvalue weighted by atomic mass is 10.1. The van der Waals surface area contributed by atoms with E-state index in [1.807, 2.05) is 11.4 Å². The minimum absolute atomic E-state index is 0.140. The predicted octanol–water partition coefficient (Wildman–Crippen LogP) is 3.41. The standard InChI is InChI=1S/C9H7NO2S2/c1-5-7(10(11)12)4-6-2-3-14-9(6)8(5)13/h2-4,13H,1H3. The molecule has 3 nitrogen and oxygen atoms in total. The smallest absolute Gasteiger partial charge is 0.258 e. The van der Waals surface area contributed by atoms with E-state index >= 15 is 0 Å². The molecule has 5 heteroatoms. The molecule has 1 aromatic carbocycles. The summed E-state index contributed by atoms with van der Waals surface area (Å²) in [6, 6.07) is 3.47. The molecule has 0 unspecified atom stereocenters. The second-order valence-corrected chi connectivity index (χ2v) is 4.33. The van der Waals surface area contributed by atoms with Crippen LogP contribution in [0, 0.1) is 17.0 Å². The van der Waals surface area contributed by atoms with Gasteiger partial charge in [0.2, 0.25) is 0 Å². The quantitative estimate of drug-likeness (QED) is 0.459. The number of rotatable bonds is 1. The van der Waals surface area contributed by atoms with Crippen molar-refractivity contribution in [3.63, 3.8) is 0 Å². The van der Waals surface area contributed by atoms with Crippen LogP contribution in [-0.4, -0.2) is 4.92 Å². The Labute approximate surface area is 89.9 Å². The summed E-state index contributed by atoms with van der Waals surface area (Å²) in [5.74, 6) is 0. The normalized spacial score (nSPS) is 10.7. The van der Waals surface area contributed by atoms with Crippen molar-refractivity contribution >= 4 is 39.7 Å². The van der Waals surface area contributed by atoms with E-state index in [4.69, 9.17) is 0 Å². The number of fused-ring (bicyclic) bond motifs is 1. The SMILES string of the molecule is Cc1c([N+](=O)[O-])cc2ccsc2c1S. The van der Waals surface area contributed by atoms with Gasteiger partial charge in [0, 0.05) is 26.6 Å². The molecular weight excluding hydrogens is 218 g/mol. The number of nitro benzene ring substituents is 1. The molecule has 0 bridgehead atoms. The van der Waals surface area contributed by atoms with Crippen molar-refractivity contribution in [3.8, 4) is 0 Å². The van der Waals surface area contributed by atoms with E-state index in [0.717, 1.165) is 10.1 Å². The van der Waals surface area contributed by atoms with Crippen molar-refractivity contribution in [2.75, 3.05) is 0 Å². The molecule has 0 saturated carbocycles. The molecule has 2 rings (SSSR count). The van der Waals surface area contributed by atoms with Gasteiger partial charge in [-0.2, -0.15) is 0 Å². The molecule has 0 aliphatic heterocycles. The van der Waals surface area contributed by atoms with Gasteiger partial charge in [-0.1, -0.05) is 0 Å². The summed E-state index contributed by atoms with van der Waals surface area (Å²) in [5.41, 5.74) is 0.772. The summed E-state index contributed by atoms with van der Waals surface area (Å²) in [5, 5.41) is 13.5. The van der Waals surface area contributed by atoms with E-state index in [-0.39, 0.29) is 10.6 Å². The summed E-state index contributed by atoms with van der Waals surface area (Å²) >= 11 is 5.85. The van der Waals surface area contributed by atoms with Gasteiger partial charge in [-0.05, 0) is 18.4 Å². The van der Waals surface area contributed by atoms with Crippen LogP contribution in [0.1, 0.15) is 5.56 Å². The average Bonchev–Trinajstić information content (AvgIpc) is 2.58. The molecule has 0 fully saturated rings. The van der Waals surface area contributed by atoms with Crippen LogP contribution in [0.2, 0.25) is 0 Å². The maximum absolute atomic E-state index is 10.7. The zero-order valence-electron chi connectivity index (χ0n) is 7.35. The lowest BCUT2D eigenvalue weighted by Gasteiger charge is -2.01. The molecule has 0 aliphatic carbocycles. The molecule has 14 heavy (non-hydrogen) atoms. The predicted molar refractivity (Wildman–Crippen MR) is 60.5 cm³/mol. The molecular formula is C9H7NO2S2. The second kappa shape index (κ2) is 3.25. The number of thiophene rings is 1. The summed E-state index contributed by atoms with van der Waals surface area (Å²) < 4.78 is 1.01. The van der Waals surface area contributed by atoms with Gasteiger partial charge in [0.1, 0.15) is 0 Å². The van der Waals surface area contributed by atoms with E-state index in [9.17, 15) is 10.1 Å². The highest BCUT2D eigenvalue weighted by Gasteiger charge is 2.16. The Morgan fingerprint density at radius 1 is 1.57 bits per heavy atom. The third kappa shape index (κ3) is 1.29. The first kappa shape index (κ1) is 9.48. The highest BCUT2D eigenvalue weighted by molar-refractivity contribution is 7.80. The van der Waals surface area contributed by atoms with Gasteiger partial charge >= 0.3 is 0 Å². The molecule has 1 aromatic heterocycles. The molecule has 1 heterocycles. The highest BCUT2D eigenvalue weighted by Crippen LogP contribution is 2.35. The van der Waals surface area contributed by atoms with Crippen LogP contribution in [0.4, 0.5) is 5.69 Å².